The van der Waals surface area contributed by atoms with Gasteiger partial charge in [0.05, 0.1) is 26.5 Å². The Balaban J connectivity index is 1.73. The Morgan fingerprint density at radius 2 is 1.76 bits per heavy atom. The number of carbonyl (C=O) groups excluding carboxylic acids is 2. The van der Waals surface area contributed by atoms with Crippen LogP contribution in [-0.2, 0) is 19.6 Å². The molecule has 1 atom stereocenters. The average molecular weight is 475 g/mol. The lowest BCUT2D eigenvalue weighted by Gasteiger charge is -2.33. The summed E-state index contributed by atoms with van der Waals surface area (Å²) in [5, 5.41) is 0. The van der Waals surface area contributed by atoms with Gasteiger partial charge in [0.2, 0.25) is 16.1 Å². The molecule has 1 saturated heterocycles. The highest BCUT2D eigenvalue weighted by atomic mass is 32.2. The number of benzene rings is 2. The third-order valence-electron chi connectivity index (χ3n) is 5.83. The average Bonchev–Trinajstić information content (AvgIpc) is 2.87. The summed E-state index contributed by atoms with van der Waals surface area (Å²) < 4.78 is 43.9. The molecule has 10 heteroatoms. The van der Waals surface area contributed by atoms with E-state index in [2.05, 4.69) is 0 Å². The van der Waals surface area contributed by atoms with Crippen LogP contribution in [0.5, 0.6) is 11.5 Å². The lowest BCUT2D eigenvalue weighted by Crippen LogP contribution is -2.47. The first kappa shape index (κ1) is 23.1. The maximum atomic E-state index is 13.5. The molecule has 0 N–H and O–H groups in total. The third kappa shape index (κ3) is 4.40. The summed E-state index contributed by atoms with van der Waals surface area (Å²) in [6.07, 6.45) is 1.57. The Morgan fingerprint density at radius 3 is 2.45 bits per heavy atom. The minimum Gasteiger partial charge on any atom is -0.495 e. The first-order valence-corrected chi connectivity index (χ1v) is 12.1. The number of nitrogens with zero attached hydrogens (tertiary/aromatic N) is 2. The normalized spacial score (nSPS) is 18.7. The highest BCUT2D eigenvalue weighted by Gasteiger charge is 2.36. The number of amides is 1. The predicted molar refractivity (Wildman–Crippen MR) is 120 cm³/mol. The van der Waals surface area contributed by atoms with Gasteiger partial charge in [-0.1, -0.05) is 18.6 Å². The van der Waals surface area contributed by atoms with E-state index in [9.17, 15) is 18.0 Å². The maximum Gasteiger partial charge on any atom is 0.348 e. The highest BCUT2D eigenvalue weighted by molar-refractivity contribution is 7.89. The van der Waals surface area contributed by atoms with E-state index in [1.54, 1.807) is 24.3 Å². The molecule has 1 fully saturated rings. The summed E-state index contributed by atoms with van der Waals surface area (Å²) in [5.41, 5.74) is 0.644. The molecule has 0 aromatic heterocycles. The molecule has 33 heavy (non-hydrogen) atoms. The molecule has 0 spiro atoms. The van der Waals surface area contributed by atoms with E-state index in [0.717, 1.165) is 19.3 Å². The molecule has 2 heterocycles. The number of ether oxygens (including phenoxy) is 3. The van der Waals surface area contributed by atoms with Gasteiger partial charge in [-0.3, -0.25) is 4.79 Å². The fourth-order valence-electron chi connectivity index (χ4n) is 4.09. The Hall–Kier alpha value is -3.11. The molecule has 4 rings (SSSR count). The lowest BCUT2D eigenvalue weighted by atomic mass is 10.1. The fraction of sp³-hybridized carbons (Fsp3) is 0.391. The van der Waals surface area contributed by atoms with Gasteiger partial charge in [-0.05, 0) is 43.2 Å². The Kier molecular flexibility index (Phi) is 6.57. The number of carbonyl (C=O) groups is 2. The van der Waals surface area contributed by atoms with E-state index in [1.165, 1.54) is 41.6 Å². The number of esters is 1. The topological polar surface area (TPSA) is 102 Å². The monoisotopic (exact) mass is 474 g/mol. The number of sulfonamides is 1. The SMILES string of the molecule is COC(=O)[C@@H]1CN(C(=O)c2ccc(OC)c(S(=O)(=O)N3CCCCC3)c2)c2ccccc2O1. The molecule has 2 aliphatic heterocycles. The number of hydrogen-bond donors (Lipinski definition) is 0. The van der Waals surface area contributed by atoms with Crippen molar-refractivity contribution in [1.29, 1.82) is 0 Å². The molecule has 0 aliphatic carbocycles. The van der Waals surface area contributed by atoms with Crippen LogP contribution >= 0.6 is 0 Å². The van der Waals surface area contributed by atoms with Crippen molar-refractivity contribution in [3.63, 3.8) is 0 Å². The summed E-state index contributed by atoms with van der Waals surface area (Å²) in [7, 11) is -1.20. The summed E-state index contributed by atoms with van der Waals surface area (Å²) in [6.45, 7) is 0.797. The molecule has 2 aliphatic rings. The molecule has 176 valence electrons. The zero-order chi connectivity index (χ0) is 23.6. The van der Waals surface area contributed by atoms with E-state index >= 15 is 0 Å². The maximum absolute atomic E-state index is 13.5. The second kappa shape index (κ2) is 9.40. The van der Waals surface area contributed by atoms with Crippen LogP contribution in [0.3, 0.4) is 0 Å². The Bertz CT molecular complexity index is 1160. The van der Waals surface area contributed by atoms with Crippen molar-refractivity contribution in [3.8, 4) is 11.5 Å². The van der Waals surface area contributed by atoms with Crippen molar-refractivity contribution in [2.75, 3.05) is 38.8 Å². The highest BCUT2D eigenvalue weighted by Crippen LogP contribution is 2.36. The fourth-order valence-corrected chi connectivity index (χ4v) is 5.79. The van der Waals surface area contributed by atoms with Gasteiger partial charge in [0, 0.05) is 18.7 Å². The van der Waals surface area contributed by atoms with Gasteiger partial charge in [0.25, 0.3) is 5.91 Å². The summed E-state index contributed by atoms with van der Waals surface area (Å²) in [6, 6.07) is 11.2. The molecule has 9 nitrogen and oxygen atoms in total. The van der Waals surface area contributed by atoms with E-state index in [-0.39, 0.29) is 22.8 Å². The van der Waals surface area contributed by atoms with Gasteiger partial charge in [0.1, 0.15) is 16.4 Å². The zero-order valence-electron chi connectivity index (χ0n) is 18.5. The molecular formula is C23H26N2O7S. The van der Waals surface area contributed by atoms with Gasteiger partial charge in [-0.2, -0.15) is 4.31 Å². The van der Waals surface area contributed by atoms with Crippen LogP contribution in [0.2, 0.25) is 0 Å². The van der Waals surface area contributed by atoms with Crippen LogP contribution in [0, 0.1) is 0 Å². The van der Waals surface area contributed by atoms with Gasteiger partial charge >= 0.3 is 5.97 Å². The van der Waals surface area contributed by atoms with Crippen LogP contribution < -0.4 is 14.4 Å². The Morgan fingerprint density at radius 1 is 1.03 bits per heavy atom. The van der Waals surface area contributed by atoms with E-state index in [0.29, 0.717) is 24.5 Å². The van der Waals surface area contributed by atoms with Crippen LogP contribution in [0.4, 0.5) is 5.69 Å². The first-order chi connectivity index (χ1) is 15.9. The molecule has 2 aromatic carbocycles. The summed E-state index contributed by atoms with van der Waals surface area (Å²) in [4.78, 5) is 27.0. The van der Waals surface area contributed by atoms with Crippen molar-refractivity contribution < 1.29 is 32.2 Å². The van der Waals surface area contributed by atoms with E-state index in [4.69, 9.17) is 14.2 Å². The van der Waals surface area contributed by atoms with E-state index in [1.807, 2.05) is 0 Å². The van der Waals surface area contributed by atoms with Crippen LogP contribution in [0.25, 0.3) is 0 Å². The minimum atomic E-state index is -3.84. The first-order valence-electron chi connectivity index (χ1n) is 10.7. The van der Waals surface area contributed by atoms with Crippen molar-refractivity contribution in [2.24, 2.45) is 0 Å². The molecule has 0 unspecified atom stereocenters. The molecule has 1 amide bonds. The molecule has 0 saturated carbocycles. The largest absolute Gasteiger partial charge is 0.495 e. The summed E-state index contributed by atoms with van der Waals surface area (Å²) >= 11 is 0. The third-order valence-corrected chi connectivity index (χ3v) is 7.75. The van der Waals surface area contributed by atoms with Crippen LogP contribution in [0.1, 0.15) is 29.6 Å². The number of anilines is 1. The second-order valence-corrected chi connectivity index (χ2v) is 9.75. The number of hydrogen-bond acceptors (Lipinski definition) is 7. The smallest absolute Gasteiger partial charge is 0.348 e. The molecule has 0 bridgehead atoms. The van der Waals surface area contributed by atoms with Crippen LogP contribution in [0.15, 0.2) is 47.4 Å². The van der Waals surface area contributed by atoms with Crippen LogP contribution in [-0.4, -0.2) is 64.6 Å². The van der Waals surface area contributed by atoms with Crippen molar-refractivity contribution in [1.82, 2.24) is 4.31 Å². The quantitative estimate of drug-likeness (QED) is 0.614. The second-order valence-electron chi connectivity index (χ2n) is 7.84. The minimum absolute atomic E-state index is 0.0520. The number of methoxy groups -OCH3 is 2. The van der Waals surface area contributed by atoms with Crippen molar-refractivity contribution in [3.05, 3.63) is 48.0 Å². The van der Waals surface area contributed by atoms with Crippen molar-refractivity contribution in [2.45, 2.75) is 30.3 Å². The molecule has 2 aromatic rings. The van der Waals surface area contributed by atoms with Gasteiger partial charge < -0.3 is 19.1 Å². The Labute approximate surface area is 192 Å². The molecule has 0 radical (unpaired) electrons. The number of para-hydroxylation sites is 2. The predicted octanol–water partition coefficient (Wildman–Crippen LogP) is 2.45. The van der Waals surface area contributed by atoms with Gasteiger partial charge in [0.15, 0.2) is 0 Å². The summed E-state index contributed by atoms with van der Waals surface area (Å²) in [5.74, 6) is -0.531. The van der Waals surface area contributed by atoms with E-state index < -0.39 is 28.0 Å². The number of piperidine rings is 1. The number of fused-ring (bicyclic) bond motifs is 1. The van der Waals surface area contributed by atoms with Gasteiger partial charge in [-0.25, -0.2) is 13.2 Å². The molecular weight excluding hydrogens is 448 g/mol. The standard InChI is InChI=1S/C23H26N2O7S/c1-30-19-11-10-16(14-21(19)33(28,29)24-12-6-3-7-13-24)22(26)25-15-20(23(27)31-2)32-18-9-5-4-8-17(18)25/h4-5,8-11,14,20H,3,6-7,12-13,15H2,1-2H3/t20-/m0/s1. The number of rotatable bonds is 5. The van der Waals surface area contributed by atoms with Gasteiger partial charge in [-0.15, -0.1) is 0 Å². The lowest BCUT2D eigenvalue weighted by molar-refractivity contribution is -0.148. The zero-order valence-corrected chi connectivity index (χ0v) is 19.3. The van der Waals surface area contributed by atoms with Crippen molar-refractivity contribution >= 4 is 27.6 Å².